The second-order valence-electron chi connectivity index (χ2n) is 11.1. The molecular formula is C32H41N3O4S. The summed E-state index contributed by atoms with van der Waals surface area (Å²) in [7, 11) is -4.08. The Kier molecular flexibility index (Phi) is 10.1. The SMILES string of the molecule is CCC(C(=O)NC(C)(C)C)N(CCc1ccccc1)C(=O)CN(c1ccc(C)cc1)S(=O)(=O)c1ccc(C)cc1. The molecule has 8 heteroatoms. The lowest BCUT2D eigenvalue weighted by Crippen LogP contribution is -2.56. The highest BCUT2D eigenvalue weighted by molar-refractivity contribution is 7.92. The number of nitrogens with zero attached hydrogens (tertiary/aromatic N) is 2. The second kappa shape index (κ2) is 13.1. The topological polar surface area (TPSA) is 86.8 Å². The van der Waals surface area contributed by atoms with Gasteiger partial charge >= 0.3 is 0 Å². The van der Waals surface area contributed by atoms with Crippen molar-refractivity contribution >= 4 is 27.5 Å². The average molecular weight is 564 g/mol. The smallest absolute Gasteiger partial charge is 0.264 e. The van der Waals surface area contributed by atoms with Gasteiger partial charge in [0.1, 0.15) is 12.6 Å². The zero-order valence-corrected chi connectivity index (χ0v) is 25.2. The van der Waals surface area contributed by atoms with Crippen LogP contribution >= 0.6 is 0 Å². The largest absolute Gasteiger partial charge is 0.350 e. The van der Waals surface area contributed by atoms with Gasteiger partial charge in [0.25, 0.3) is 10.0 Å². The highest BCUT2D eigenvalue weighted by Gasteiger charge is 2.34. The molecule has 7 nitrogen and oxygen atoms in total. The summed E-state index contributed by atoms with van der Waals surface area (Å²) in [5.41, 5.74) is 2.82. The van der Waals surface area contributed by atoms with Crippen molar-refractivity contribution in [2.45, 2.75) is 70.9 Å². The summed E-state index contributed by atoms with van der Waals surface area (Å²) in [6.45, 7) is 11.2. The highest BCUT2D eigenvalue weighted by Crippen LogP contribution is 2.25. The molecule has 1 atom stereocenters. The molecule has 0 aliphatic carbocycles. The fourth-order valence-electron chi connectivity index (χ4n) is 4.43. The molecular weight excluding hydrogens is 522 g/mol. The molecule has 0 saturated carbocycles. The fraction of sp³-hybridized carbons (Fsp3) is 0.375. The maximum Gasteiger partial charge on any atom is 0.264 e. The molecule has 2 amide bonds. The Morgan fingerprint density at radius 3 is 1.93 bits per heavy atom. The first-order valence-corrected chi connectivity index (χ1v) is 15.1. The lowest BCUT2D eigenvalue weighted by molar-refractivity contribution is -0.140. The Hall–Kier alpha value is -3.65. The molecule has 0 radical (unpaired) electrons. The third-order valence-electron chi connectivity index (χ3n) is 6.58. The van der Waals surface area contributed by atoms with Crippen molar-refractivity contribution < 1.29 is 18.0 Å². The number of amides is 2. The highest BCUT2D eigenvalue weighted by atomic mass is 32.2. The maximum atomic E-state index is 14.1. The van der Waals surface area contributed by atoms with E-state index in [0.29, 0.717) is 18.5 Å². The van der Waals surface area contributed by atoms with E-state index in [4.69, 9.17) is 0 Å². The summed E-state index contributed by atoms with van der Waals surface area (Å²) < 4.78 is 28.9. The van der Waals surface area contributed by atoms with Crippen molar-refractivity contribution in [3.63, 3.8) is 0 Å². The van der Waals surface area contributed by atoms with E-state index in [2.05, 4.69) is 5.32 Å². The van der Waals surface area contributed by atoms with Crippen molar-refractivity contribution in [2.75, 3.05) is 17.4 Å². The molecule has 0 aromatic heterocycles. The number of benzene rings is 3. The quantitative estimate of drug-likeness (QED) is 0.345. The minimum absolute atomic E-state index is 0.0971. The molecule has 0 aliphatic heterocycles. The molecule has 3 rings (SSSR count). The molecule has 0 saturated heterocycles. The molecule has 0 fully saturated rings. The normalized spacial score (nSPS) is 12.4. The molecule has 3 aromatic rings. The van der Waals surface area contributed by atoms with Gasteiger partial charge in [-0.3, -0.25) is 13.9 Å². The zero-order chi connectivity index (χ0) is 29.5. The summed E-state index contributed by atoms with van der Waals surface area (Å²) in [5, 5.41) is 2.99. The van der Waals surface area contributed by atoms with Crippen LogP contribution in [0.5, 0.6) is 0 Å². The van der Waals surface area contributed by atoms with Gasteiger partial charge in [0.2, 0.25) is 11.8 Å². The van der Waals surface area contributed by atoms with Gasteiger partial charge in [0.15, 0.2) is 0 Å². The standard InChI is InChI=1S/C32H41N3O4S/c1-7-29(31(37)33-32(4,5)6)34(22-21-26-11-9-8-10-12-26)30(36)23-35(27-17-13-24(2)14-18-27)40(38,39)28-19-15-25(3)16-20-28/h8-20,29H,7,21-23H2,1-6H3,(H,33,37). The lowest BCUT2D eigenvalue weighted by atomic mass is 10.1. The number of hydrogen-bond acceptors (Lipinski definition) is 4. The second-order valence-corrected chi connectivity index (χ2v) is 13.0. The summed E-state index contributed by atoms with van der Waals surface area (Å²) in [4.78, 5) is 29.0. The van der Waals surface area contributed by atoms with Crippen LogP contribution in [-0.4, -0.2) is 49.8 Å². The fourth-order valence-corrected chi connectivity index (χ4v) is 5.84. The first kappa shape index (κ1) is 30.9. The van der Waals surface area contributed by atoms with Crippen LogP contribution in [0, 0.1) is 13.8 Å². The van der Waals surface area contributed by atoms with Crippen molar-refractivity contribution in [2.24, 2.45) is 0 Å². The number of carbonyl (C=O) groups is 2. The summed E-state index contributed by atoms with van der Waals surface area (Å²) >= 11 is 0. The first-order chi connectivity index (χ1) is 18.8. The molecule has 214 valence electrons. The summed E-state index contributed by atoms with van der Waals surface area (Å²) in [6.07, 6.45) is 0.915. The van der Waals surface area contributed by atoms with E-state index in [1.165, 1.54) is 4.90 Å². The number of carbonyl (C=O) groups excluding carboxylic acids is 2. The number of hydrogen-bond donors (Lipinski definition) is 1. The Morgan fingerprint density at radius 2 is 1.40 bits per heavy atom. The van der Waals surface area contributed by atoms with Crippen molar-refractivity contribution in [3.8, 4) is 0 Å². The van der Waals surface area contributed by atoms with Gasteiger partial charge in [-0.15, -0.1) is 0 Å². The van der Waals surface area contributed by atoms with Gasteiger partial charge in [0.05, 0.1) is 10.6 Å². The van der Waals surface area contributed by atoms with Crippen LogP contribution in [0.1, 0.15) is 50.8 Å². The summed E-state index contributed by atoms with van der Waals surface area (Å²) in [6, 6.07) is 22.6. The van der Waals surface area contributed by atoms with Crippen LogP contribution in [0.4, 0.5) is 5.69 Å². The average Bonchev–Trinajstić information content (AvgIpc) is 2.90. The van der Waals surface area contributed by atoms with Gasteiger partial charge in [-0.05, 0) is 77.3 Å². The Labute approximate surface area is 239 Å². The van der Waals surface area contributed by atoms with Gasteiger partial charge < -0.3 is 10.2 Å². The predicted molar refractivity (Wildman–Crippen MR) is 161 cm³/mol. The number of nitrogens with one attached hydrogen (secondary N) is 1. The lowest BCUT2D eigenvalue weighted by Gasteiger charge is -2.34. The van der Waals surface area contributed by atoms with E-state index in [9.17, 15) is 18.0 Å². The van der Waals surface area contributed by atoms with Gasteiger partial charge in [-0.25, -0.2) is 8.42 Å². The molecule has 1 N–H and O–H groups in total. The van der Waals surface area contributed by atoms with Crippen molar-refractivity contribution in [1.29, 1.82) is 0 Å². The predicted octanol–water partition coefficient (Wildman–Crippen LogP) is 5.26. The monoisotopic (exact) mass is 563 g/mol. The Balaban J connectivity index is 2.01. The van der Waals surface area contributed by atoms with Crippen molar-refractivity contribution in [1.82, 2.24) is 10.2 Å². The van der Waals surface area contributed by atoms with Gasteiger partial charge in [0, 0.05) is 12.1 Å². The number of anilines is 1. The number of rotatable bonds is 11. The molecule has 0 aliphatic rings. The van der Waals surface area contributed by atoms with Crippen LogP contribution in [0.3, 0.4) is 0 Å². The van der Waals surface area contributed by atoms with E-state index in [0.717, 1.165) is 21.0 Å². The van der Waals surface area contributed by atoms with Gasteiger partial charge in [-0.2, -0.15) is 0 Å². The minimum Gasteiger partial charge on any atom is -0.350 e. The third-order valence-corrected chi connectivity index (χ3v) is 8.37. The Bertz CT molecular complexity index is 1380. The van der Waals surface area contributed by atoms with Crippen LogP contribution in [0.2, 0.25) is 0 Å². The molecule has 1 unspecified atom stereocenters. The molecule has 0 heterocycles. The first-order valence-electron chi connectivity index (χ1n) is 13.6. The van der Waals surface area contributed by atoms with Crippen molar-refractivity contribution in [3.05, 3.63) is 95.6 Å². The van der Waals surface area contributed by atoms with E-state index in [1.54, 1.807) is 36.4 Å². The van der Waals surface area contributed by atoms with Gasteiger partial charge in [-0.1, -0.05) is 72.6 Å². The van der Waals surface area contributed by atoms with Crippen LogP contribution in [0.25, 0.3) is 0 Å². The molecule has 40 heavy (non-hydrogen) atoms. The molecule has 3 aromatic carbocycles. The van der Waals surface area contributed by atoms with Crippen LogP contribution in [-0.2, 0) is 26.0 Å². The Morgan fingerprint density at radius 1 is 0.850 bits per heavy atom. The van der Waals surface area contributed by atoms with Crippen LogP contribution < -0.4 is 9.62 Å². The molecule has 0 bridgehead atoms. The zero-order valence-electron chi connectivity index (χ0n) is 24.3. The van der Waals surface area contributed by atoms with Crippen LogP contribution in [0.15, 0.2) is 83.8 Å². The maximum absolute atomic E-state index is 14.1. The van der Waals surface area contributed by atoms with E-state index >= 15 is 0 Å². The van der Waals surface area contributed by atoms with E-state index in [-0.39, 0.29) is 17.3 Å². The number of sulfonamides is 1. The van der Waals surface area contributed by atoms with E-state index in [1.807, 2.05) is 84.0 Å². The minimum atomic E-state index is -4.08. The molecule has 0 spiro atoms. The van der Waals surface area contributed by atoms with E-state index < -0.39 is 34.1 Å². The third kappa shape index (κ3) is 8.18. The number of aryl methyl sites for hydroxylation is 2. The summed E-state index contributed by atoms with van der Waals surface area (Å²) in [5.74, 6) is -0.706.